The molecule has 2 heterocycles. The molecule has 0 aromatic heterocycles. The number of fused-ring (bicyclic) bond motifs is 1. The maximum atomic E-state index is 14.8. The zero-order chi connectivity index (χ0) is 56.1. The monoisotopic (exact) mass is 1130 g/mol. The van der Waals surface area contributed by atoms with E-state index in [0.29, 0.717) is 72.2 Å². The van der Waals surface area contributed by atoms with Crippen LogP contribution in [0.25, 0.3) is 0 Å². The van der Waals surface area contributed by atoms with E-state index < -0.39 is 99.3 Å². The highest BCUT2D eigenvalue weighted by molar-refractivity contribution is 9.09. The predicted molar refractivity (Wildman–Crippen MR) is 289 cm³/mol. The van der Waals surface area contributed by atoms with E-state index in [1.165, 1.54) is 0 Å². The number of carbonyl (C=O) groups excluding carboxylic acids is 6. The largest absolute Gasteiger partial charge is 0.488 e. The number of benzene rings is 2. The van der Waals surface area contributed by atoms with Crippen molar-refractivity contribution >= 4 is 67.3 Å². The number of unbranched alkanes of at least 4 members (excludes halogenated alkanes) is 1. The molecule has 0 radical (unpaired) electrons. The number of nitrogens with zero attached hydrogens (tertiary/aromatic N) is 1. The lowest BCUT2D eigenvalue weighted by atomic mass is 9.79. The van der Waals surface area contributed by atoms with Crippen LogP contribution >= 0.6 is 15.9 Å². The van der Waals surface area contributed by atoms with Gasteiger partial charge in [-0.25, -0.2) is 19.0 Å². The minimum atomic E-state index is -4.22. The van der Waals surface area contributed by atoms with Gasteiger partial charge in [-0.1, -0.05) is 34.5 Å². The zero-order valence-electron chi connectivity index (χ0n) is 45.6. The lowest BCUT2D eigenvalue weighted by Gasteiger charge is -2.33. The highest BCUT2D eigenvalue weighted by Crippen LogP contribution is 2.44. The van der Waals surface area contributed by atoms with E-state index in [0.717, 1.165) is 11.1 Å². The first-order chi connectivity index (χ1) is 34.9. The highest BCUT2D eigenvalue weighted by Gasteiger charge is 2.41. The van der Waals surface area contributed by atoms with E-state index in [1.807, 2.05) is 53.7 Å². The lowest BCUT2D eigenvalue weighted by molar-refractivity contribution is -0.156. The second-order valence-electron chi connectivity index (χ2n) is 22.1. The maximum absolute atomic E-state index is 14.8. The van der Waals surface area contributed by atoms with Gasteiger partial charge in [0.2, 0.25) is 29.6 Å². The summed E-state index contributed by atoms with van der Waals surface area (Å²) in [6.07, 6.45) is 0.738. The van der Waals surface area contributed by atoms with Crippen molar-refractivity contribution in [3.63, 3.8) is 0 Å². The predicted octanol–water partition coefficient (Wildman–Crippen LogP) is 4.86. The zero-order valence-corrected chi connectivity index (χ0v) is 48.0. The average molecular weight is 1130 g/mol. The molecule has 3 unspecified atom stereocenters. The fourth-order valence-electron chi connectivity index (χ4n) is 9.31. The normalized spacial score (nSPS) is 20.9. The Morgan fingerprint density at radius 2 is 1.57 bits per heavy atom. The minimum Gasteiger partial charge on any atom is -0.488 e. The molecule has 9 N–H and O–H groups in total. The number of hydrogen-bond donors (Lipinski definition) is 7. The molecule has 418 valence electrons. The summed E-state index contributed by atoms with van der Waals surface area (Å²) in [6.45, 7) is 19.5. The number of carbonyl (C=O) groups is 6. The number of amides is 4. The molecule has 4 rings (SSSR count). The van der Waals surface area contributed by atoms with Crippen molar-refractivity contribution in [1.82, 2.24) is 26.0 Å². The van der Waals surface area contributed by atoms with Crippen LogP contribution in [0.5, 0.6) is 11.5 Å². The molecule has 0 spiro atoms. The van der Waals surface area contributed by atoms with Gasteiger partial charge in [0.25, 0.3) is 10.0 Å². The Morgan fingerprint density at radius 3 is 2.20 bits per heavy atom. The Morgan fingerprint density at radius 1 is 0.893 bits per heavy atom. The van der Waals surface area contributed by atoms with Crippen LogP contribution in [0.4, 0.5) is 0 Å². The van der Waals surface area contributed by atoms with Gasteiger partial charge in [-0.05, 0) is 155 Å². The molecular weight excluding hydrogens is 1050 g/mol. The van der Waals surface area contributed by atoms with Crippen LogP contribution in [0.1, 0.15) is 141 Å². The SMILES string of the molecule is Cc1c(C)c(S(=O)(=O)NC(N)=NCCCC2NC(=O)[C@H](CCCCNC(=O)CCCBr)C(ON)[C@@H](Cc3ccc(OC(C)(C)C)cc3)CC(=O)C(CC(=O)OC(C)(C)C)NC(=O)CNC2=O)c(C)c2c1OC(C)(C)C2. The molecule has 2 aliphatic rings. The fourth-order valence-corrected chi connectivity index (χ4v) is 11.1. The molecule has 22 heteroatoms. The number of rotatable bonds is 20. The average Bonchev–Trinajstić information content (AvgIpc) is 3.64. The number of halogens is 1. The lowest BCUT2D eigenvalue weighted by Crippen LogP contribution is -2.55. The van der Waals surface area contributed by atoms with Gasteiger partial charge < -0.3 is 46.0 Å². The number of esters is 1. The molecule has 0 saturated carbocycles. The second-order valence-corrected chi connectivity index (χ2v) is 24.5. The van der Waals surface area contributed by atoms with Crippen molar-refractivity contribution in [1.29, 1.82) is 0 Å². The molecule has 2 aliphatic heterocycles. The molecular formula is C53H81BrN8O12S. The molecule has 2 aromatic carbocycles. The number of Topliss-reactive ketones (excluding diaryl/α,β-unsaturated/α-hetero) is 1. The van der Waals surface area contributed by atoms with E-state index in [-0.39, 0.29) is 55.4 Å². The summed E-state index contributed by atoms with van der Waals surface area (Å²) in [5.74, 6) is 1.53. The van der Waals surface area contributed by atoms with Crippen molar-refractivity contribution in [3.8, 4) is 11.5 Å². The van der Waals surface area contributed by atoms with Crippen LogP contribution in [0.15, 0.2) is 34.2 Å². The Labute approximate surface area is 451 Å². The summed E-state index contributed by atoms with van der Waals surface area (Å²) in [5.41, 5.74) is 7.60. The summed E-state index contributed by atoms with van der Waals surface area (Å²) in [7, 11) is -4.22. The first-order valence-electron chi connectivity index (χ1n) is 25.7. The molecule has 5 atom stereocenters. The number of ketones is 1. The van der Waals surface area contributed by atoms with Crippen molar-refractivity contribution in [3.05, 3.63) is 52.1 Å². The van der Waals surface area contributed by atoms with Gasteiger partial charge >= 0.3 is 5.97 Å². The molecule has 20 nitrogen and oxygen atoms in total. The third kappa shape index (κ3) is 19.3. The summed E-state index contributed by atoms with van der Waals surface area (Å²) in [4.78, 5) is 92.6. The number of ether oxygens (including phenoxy) is 3. The van der Waals surface area contributed by atoms with Crippen LogP contribution in [0, 0.1) is 32.6 Å². The van der Waals surface area contributed by atoms with E-state index >= 15 is 0 Å². The number of guanidine groups is 1. The van der Waals surface area contributed by atoms with Crippen LogP contribution in [-0.4, -0.2) is 110 Å². The van der Waals surface area contributed by atoms with Crippen LogP contribution in [-0.2, 0) is 61.2 Å². The Kier molecular flexibility index (Phi) is 22.5. The number of sulfonamides is 1. The molecule has 0 aliphatic carbocycles. The molecule has 4 amide bonds. The maximum Gasteiger partial charge on any atom is 0.308 e. The number of alkyl halides is 1. The van der Waals surface area contributed by atoms with Crippen molar-refractivity contribution in [2.75, 3.05) is 25.0 Å². The second kappa shape index (κ2) is 27.1. The van der Waals surface area contributed by atoms with Crippen LogP contribution < -0.4 is 47.1 Å². The number of aliphatic imine (C=N–C) groups is 1. The van der Waals surface area contributed by atoms with Gasteiger partial charge in [0.15, 0.2) is 5.78 Å². The van der Waals surface area contributed by atoms with Gasteiger partial charge in [0.1, 0.15) is 34.3 Å². The third-order valence-electron chi connectivity index (χ3n) is 12.8. The van der Waals surface area contributed by atoms with Gasteiger partial charge in [-0.15, -0.1) is 0 Å². The highest BCUT2D eigenvalue weighted by atomic mass is 79.9. The standard InChI is InChI=1S/C53H81BrN8O12S/c1-31-32(2)47(33(3)38-29-53(10,11)73-45(31)38)75(69,70)62-50(55)58-25-15-17-39-49(68)59-30-43(65)60-40(28-44(66)72-52(7,8)9)41(63)27-35(26-34-19-21-36(22-20-34)71-51(4,5)6)46(74-56)37(48(67)61-39)16-12-13-24-57-42(64)18-14-23-54/h19-22,35,37,39-40,46H,12-18,23-30,56H2,1-11H3,(H,57,64)(H,59,68)(H,60,65)(H,61,67)(H3,55,58,62)/t35-,37+,39?,40?,46?/m0/s1. The molecule has 1 fully saturated rings. The summed E-state index contributed by atoms with van der Waals surface area (Å²) < 4.78 is 47.9. The first kappa shape index (κ1) is 62.2. The molecule has 2 aromatic rings. The first-order valence-corrected chi connectivity index (χ1v) is 28.3. The van der Waals surface area contributed by atoms with E-state index in [4.69, 9.17) is 30.7 Å². The van der Waals surface area contributed by atoms with Gasteiger partial charge in [0, 0.05) is 43.2 Å². The van der Waals surface area contributed by atoms with Gasteiger partial charge in [-0.2, -0.15) is 0 Å². The summed E-state index contributed by atoms with van der Waals surface area (Å²) in [5, 5.41) is 11.6. The Bertz CT molecular complexity index is 2510. The fraction of sp³-hybridized carbons (Fsp3) is 0.642. The van der Waals surface area contributed by atoms with Gasteiger partial charge in [0.05, 0.1) is 35.9 Å². The third-order valence-corrected chi connectivity index (χ3v) is 15.0. The summed E-state index contributed by atoms with van der Waals surface area (Å²) >= 11 is 3.34. The smallest absolute Gasteiger partial charge is 0.308 e. The minimum absolute atomic E-state index is 0.0474. The van der Waals surface area contributed by atoms with E-state index in [1.54, 1.807) is 46.8 Å². The van der Waals surface area contributed by atoms with Crippen molar-refractivity contribution < 1.29 is 56.2 Å². The van der Waals surface area contributed by atoms with E-state index in [9.17, 15) is 37.2 Å². The quantitative estimate of drug-likeness (QED) is 0.0233. The number of nitrogens with one attached hydrogen (secondary N) is 5. The number of hydrogen-bond acceptors (Lipinski definition) is 14. The van der Waals surface area contributed by atoms with Crippen molar-refractivity contribution in [2.45, 2.75) is 187 Å². The van der Waals surface area contributed by atoms with Gasteiger partial charge in [-0.3, -0.25) is 33.8 Å². The van der Waals surface area contributed by atoms with Crippen LogP contribution in [0.2, 0.25) is 0 Å². The topological polar surface area (TPSA) is 298 Å². The molecule has 75 heavy (non-hydrogen) atoms. The molecule has 1 saturated heterocycles. The summed E-state index contributed by atoms with van der Waals surface area (Å²) in [6, 6.07) is 4.56. The van der Waals surface area contributed by atoms with E-state index in [2.05, 4.69) is 46.9 Å². The number of nitrogens with two attached hydrogens (primary N) is 2. The Hall–Kier alpha value is -5.32. The molecule has 0 bridgehead atoms. The Balaban J connectivity index is 1.68. The van der Waals surface area contributed by atoms with Crippen LogP contribution in [0.3, 0.4) is 0 Å². The van der Waals surface area contributed by atoms with Crippen molar-refractivity contribution in [2.24, 2.45) is 28.5 Å².